The van der Waals surface area contributed by atoms with Crippen LogP contribution >= 0.6 is 0 Å². The number of nitrogens with zero attached hydrogens (tertiary/aromatic N) is 2. The summed E-state index contributed by atoms with van der Waals surface area (Å²) in [4.78, 5) is 4.36. The summed E-state index contributed by atoms with van der Waals surface area (Å²) in [6.45, 7) is 4.07. The maximum Gasteiger partial charge on any atom is 0.137 e. The maximum absolute atomic E-state index is 4.36. The average molecular weight is 145 g/mol. The van der Waals surface area contributed by atoms with Crippen LogP contribution in [-0.2, 0) is 0 Å². The highest BCUT2D eigenvalue weighted by Gasteiger charge is 2.00. The van der Waals surface area contributed by atoms with Gasteiger partial charge in [-0.1, -0.05) is 0 Å². The molecular weight excluding hydrogens is 136 g/mol. The van der Waals surface area contributed by atoms with E-state index >= 15 is 0 Å². The van der Waals surface area contributed by atoms with Crippen molar-refractivity contribution in [2.24, 2.45) is 0 Å². The zero-order chi connectivity index (χ0) is 7.84. The number of imidazole rings is 1. The molecule has 11 heavy (non-hydrogen) atoms. The molecule has 0 aliphatic rings. The van der Waals surface area contributed by atoms with Crippen LogP contribution in [0.5, 0.6) is 0 Å². The molecule has 2 nitrogen and oxygen atoms in total. The lowest BCUT2D eigenvalue weighted by molar-refractivity contribution is 1.09. The third-order valence-corrected chi connectivity index (χ3v) is 1.95. The summed E-state index contributed by atoms with van der Waals surface area (Å²) >= 11 is 0. The first-order chi connectivity index (χ1) is 5.29. The molecule has 0 fully saturated rings. The summed E-state index contributed by atoms with van der Waals surface area (Å²) in [5.74, 6) is 0. The Kier molecular flexibility index (Phi) is 1.22. The highest BCUT2D eigenvalue weighted by Crippen LogP contribution is 2.08. The number of hydrogen-bond donors (Lipinski definition) is 0. The van der Waals surface area contributed by atoms with Crippen molar-refractivity contribution in [1.29, 1.82) is 0 Å². The molecule has 0 aliphatic carbocycles. The second kappa shape index (κ2) is 2.09. The van der Waals surface area contributed by atoms with Gasteiger partial charge in [0, 0.05) is 11.9 Å². The second-order valence-corrected chi connectivity index (χ2v) is 2.64. The average Bonchev–Trinajstić information content (AvgIpc) is 2.30. The molecule has 1 radical (unpaired) electrons. The van der Waals surface area contributed by atoms with Crippen LogP contribution in [0.15, 0.2) is 18.3 Å². The van der Waals surface area contributed by atoms with Crippen molar-refractivity contribution in [3.8, 4) is 0 Å². The van der Waals surface area contributed by atoms with Gasteiger partial charge in [0.2, 0.25) is 0 Å². The first kappa shape index (κ1) is 6.40. The molecule has 0 unspecified atom stereocenters. The van der Waals surface area contributed by atoms with Gasteiger partial charge in [-0.15, -0.1) is 0 Å². The number of aryl methyl sites for hydroxylation is 2. The molecule has 2 rings (SSSR count). The van der Waals surface area contributed by atoms with E-state index < -0.39 is 0 Å². The third-order valence-electron chi connectivity index (χ3n) is 1.95. The summed E-state index contributed by atoms with van der Waals surface area (Å²) in [6, 6.07) is 6.85. The molecule has 2 heteroatoms. The van der Waals surface area contributed by atoms with Crippen molar-refractivity contribution >= 4 is 5.65 Å². The Hall–Kier alpha value is -1.31. The molecule has 0 spiro atoms. The lowest BCUT2D eigenvalue weighted by Gasteiger charge is -1.92. The summed E-state index contributed by atoms with van der Waals surface area (Å²) in [5, 5.41) is 0. The van der Waals surface area contributed by atoms with E-state index in [1.165, 1.54) is 5.69 Å². The van der Waals surface area contributed by atoms with Crippen molar-refractivity contribution in [2.75, 3.05) is 0 Å². The van der Waals surface area contributed by atoms with Crippen LogP contribution in [0.4, 0.5) is 0 Å². The number of fused-ring (bicyclic) bond motifs is 1. The van der Waals surface area contributed by atoms with Gasteiger partial charge in [0.05, 0.1) is 5.69 Å². The van der Waals surface area contributed by atoms with Crippen LogP contribution in [0.25, 0.3) is 5.65 Å². The zero-order valence-electron chi connectivity index (χ0n) is 6.63. The standard InChI is InChI=1S/C9H9N2/c1-7-8(2)11-6-4-3-5-9(11)10-7/h3,5-6H,1-2H3. The van der Waals surface area contributed by atoms with Gasteiger partial charge in [-0.25, -0.2) is 4.98 Å². The zero-order valence-corrected chi connectivity index (χ0v) is 6.63. The number of rotatable bonds is 0. The van der Waals surface area contributed by atoms with Crippen molar-refractivity contribution in [2.45, 2.75) is 13.8 Å². The Balaban J connectivity index is 2.92. The molecule has 0 bridgehead atoms. The second-order valence-electron chi connectivity index (χ2n) is 2.64. The van der Waals surface area contributed by atoms with E-state index in [2.05, 4.69) is 18.0 Å². The molecule has 55 valence electrons. The molecule has 0 atom stereocenters. The van der Waals surface area contributed by atoms with Crippen molar-refractivity contribution < 1.29 is 0 Å². The van der Waals surface area contributed by atoms with Crippen LogP contribution < -0.4 is 0 Å². The Bertz CT molecular complexity index is 387. The lowest BCUT2D eigenvalue weighted by atomic mass is 10.4. The van der Waals surface area contributed by atoms with Crippen LogP contribution in [0.3, 0.4) is 0 Å². The van der Waals surface area contributed by atoms with Crippen LogP contribution in [0.2, 0.25) is 0 Å². The van der Waals surface area contributed by atoms with Gasteiger partial charge in [0.1, 0.15) is 5.65 Å². The molecule has 0 saturated carbocycles. The molecule has 0 saturated heterocycles. The third kappa shape index (κ3) is 0.827. The molecular formula is C9H9N2. The molecule has 2 heterocycles. The van der Waals surface area contributed by atoms with Crippen LogP contribution in [0.1, 0.15) is 11.4 Å². The Morgan fingerprint density at radius 1 is 1.45 bits per heavy atom. The van der Waals surface area contributed by atoms with Crippen molar-refractivity contribution in [3.63, 3.8) is 0 Å². The molecule has 2 aromatic heterocycles. The van der Waals surface area contributed by atoms with E-state index in [-0.39, 0.29) is 0 Å². The van der Waals surface area contributed by atoms with Crippen molar-refractivity contribution in [3.05, 3.63) is 35.8 Å². The van der Waals surface area contributed by atoms with E-state index in [1.807, 2.05) is 29.7 Å². The predicted molar refractivity (Wildman–Crippen MR) is 43.5 cm³/mol. The van der Waals surface area contributed by atoms with Gasteiger partial charge in [-0.2, -0.15) is 0 Å². The van der Waals surface area contributed by atoms with E-state index in [0.29, 0.717) is 0 Å². The van der Waals surface area contributed by atoms with Gasteiger partial charge >= 0.3 is 0 Å². The molecule has 0 aromatic carbocycles. The first-order valence-corrected chi connectivity index (χ1v) is 3.60. The SMILES string of the molecule is Cc1nc2cc[c]cn2c1C. The Morgan fingerprint density at radius 2 is 2.27 bits per heavy atom. The topological polar surface area (TPSA) is 17.3 Å². The number of hydrogen-bond acceptors (Lipinski definition) is 1. The van der Waals surface area contributed by atoms with Crippen molar-refractivity contribution in [1.82, 2.24) is 9.38 Å². The minimum atomic E-state index is 0.999. The number of pyridine rings is 1. The first-order valence-electron chi connectivity index (χ1n) is 3.60. The van der Waals surface area contributed by atoms with E-state index in [1.54, 1.807) is 0 Å². The molecule has 0 aliphatic heterocycles. The van der Waals surface area contributed by atoms with Gasteiger partial charge in [0.15, 0.2) is 0 Å². The fourth-order valence-electron chi connectivity index (χ4n) is 1.17. The molecule has 2 aromatic rings. The summed E-state index contributed by atoms with van der Waals surface area (Å²) in [5.41, 5.74) is 3.28. The maximum atomic E-state index is 4.36. The van der Waals surface area contributed by atoms with Crippen LogP contribution in [0, 0.1) is 19.9 Å². The van der Waals surface area contributed by atoms with E-state index in [0.717, 1.165) is 11.3 Å². The fourth-order valence-corrected chi connectivity index (χ4v) is 1.17. The normalized spacial score (nSPS) is 10.7. The van der Waals surface area contributed by atoms with E-state index in [4.69, 9.17) is 0 Å². The Morgan fingerprint density at radius 3 is 3.00 bits per heavy atom. The summed E-state index contributed by atoms with van der Waals surface area (Å²) in [7, 11) is 0. The Labute approximate surface area is 65.5 Å². The minimum Gasteiger partial charge on any atom is -0.303 e. The minimum absolute atomic E-state index is 0.999. The lowest BCUT2D eigenvalue weighted by Crippen LogP contribution is -1.84. The largest absolute Gasteiger partial charge is 0.303 e. The van der Waals surface area contributed by atoms with E-state index in [9.17, 15) is 0 Å². The monoisotopic (exact) mass is 145 g/mol. The smallest absolute Gasteiger partial charge is 0.137 e. The predicted octanol–water partition coefficient (Wildman–Crippen LogP) is 1.75. The van der Waals surface area contributed by atoms with Gasteiger partial charge < -0.3 is 4.40 Å². The number of aromatic nitrogens is 2. The van der Waals surface area contributed by atoms with Gasteiger partial charge in [-0.3, -0.25) is 0 Å². The van der Waals surface area contributed by atoms with Crippen LogP contribution in [-0.4, -0.2) is 9.38 Å². The highest BCUT2D eigenvalue weighted by atomic mass is 15.0. The molecule has 0 amide bonds. The summed E-state index contributed by atoms with van der Waals surface area (Å²) < 4.78 is 2.04. The highest BCUT2D eigenvalue weighted by molar-refractivity contribution is 5.41. The quantitative estimate of drug-likeness (QED) is 0.552. The van der Waals surface area contributed by atoms with Gasteiger partial charge in [0.25, 0.3) is 0 Å². The molecule has 0 N–H and O–H groups in total. The van der Waals surface area contributed by atoms with Gasteiger partial charge in [-0.05, 0) is 32.0 Å². The fraction of sp³-hybridized carbons (Fsp3) is 0.222. The summed E-state index contributed by atoms with van der Waals surface area (Å²) in [6.07, 6.45) is 1.91.